The van der Waals surface area contributed by atoms with Crippen molar-refractivity contribution in [3.8, 4) is 5.75 Å². The molecule has 0 aliphatic heterocycles. The fourth-order valence-electron chi connectivity index (χ4n) is 2.99. The van der Waals surface area contributed by atoms with E-state index in [9.17, 15) is 0 Å². The number of ether oxygens (including phenoxy) is 1. The summed E-state index contributed by atoms with van der Waals surface area (Å²) < 4.78 is 5.90. The maximum atomic E-state index is 5.90. The van der Waals surface area contributed by atoms with E-state index >= 15 is 0 Å². The van der Waals surface area contributed by atoms with Crippen molar-refractivity contribution >= 4 is 0 Å². The standard InChI is InChI=1S/C18H22N2O/c1-19-18-7-4-5-14-8-9-16(13-17(14)18)21-12-10-15-6-2-3-11-20-15/h2-3,6,8-9,11,13,18-19H,4-5,7,10,12H2,1H3. The first-order chi connectivity index (χ1) is 10.4. The van der Waals surface area contributed by atoms with Crippen LogP contribution in [0.25, 0.3) is 0 Å². The van der Waals surface area contributed by atoms with Crippen LogP contribution in [0.2, 0.25) is 0 Å². The summed E-state index contributed by atoms with van der Waals surface area (Å²) in [6.07, 6.45) is 6.32. The Morgan fingerprint density at radius 2 is 2.24 bits per heavy atom. The molecule has 21 heavy (non-hydrogen) atoms. The van der Waals surface area contributed by atoms with Crippen molar-refractivity contribution in [3.63, 3.8) is 0 Å². The summed E-state index contributed by atoms with van der Waals surface area (Å²) in [5.41, 5.74) is 3.93. The molecule has 1 aliphatic rings. The number of nitrogens with zero attached hydrogens (tertiary/aromatic N) is 1. The zero-order valence-electron chi connectivity index (χ0n) is 12.5. The normalized spacial score (nSPS) is 17.3. The Labute approximate surface area is 126 Å². The molecule has 1 aromatic heterocycles. The van der Waals surface area contributed by atoms with Gasteiger partial charge in [-0.3, -0.25) is 4.98 Å². The fraction of sp³-hybridized carbons (Fsp3) is 0.389. The molecular formula is C18H22N2O. The lowest BCUT2D eigenvalue weighted by Gasteiger charge is -2.25. The Balaban J connectivity index is 1.64. The molecule has 0 spiro atoms. The first-order valence-corrected chi connectivity index (χ1v) is 7.69. The van der Waals surface area contributed by atoms with E-state index in [4.69, 9.17) is 4.74 Å². The Morgan fingerprint density at radius 3 is 3.05 bits per heavy atom. The zero-order valence-corrected chi connectivity index (χ0v) is 12.5. The van der Waals surface area contributed by atoms with Crippen LogP contribution in [0.15, 0.2) is 42.6 Å². The number of rotatable bonds is 5. The van der Waals surface area contributed by atoms with Crippen molar-refractivity contribution in [2.45, 2.75) is 31.7 Å². The highest BCUT2D eigenvalue weighted by atomic mass is 16.5. The SMILES string of the molecule is CNC1CCCc2ccc(OCCc3ccccn3)cc21. The van der Waals surface area contributed by atoms with Crippen molar-refractivity contribution in [2.75, 3.05) is 13.7 Å². The molecule has 3 rings (SSSR count). The molecule has 1 unspecified atom stereocenters. The molecule has 0 bridgehead atoms. The van der Waals surface area contributed by atoms with Crippen LogP contribution in [-0.4, -0.2) is 18.6 Å². The highest BCUT2D eigenvalue weighted by Crippen LogP contribution is 2.32. The molecule has 1 aliphatic carbocycles. The van der Waals surface area contributed by atoms with E-state index in [-0.39, 0.29) is 0 Å². The minimum atomic E-state index is 0.466. The summed E-state index contributed by atoms with van der Waals surface area (Å²) in [6.45, 7) is 0.667. The van der Waals surface area contributed by atoms with E-state index in [1.807, 2.05) is 31.4 Å². The third-order valence-electron chi connectivity index (χ3n) is 4.13. The first-order valence-electron chi connectivity index (χ1n) is 7.69. The third kappa shape index (κ3) is 3.42. The summed E-state index contributed by atoms with van der Waals surface area (Å²) >= 11 is 0. The second-order valence-corrected chi connectivity index (χ2v) is 5.51. The number of aryl methyl sites for hydroxylation is 1. The average molecular weight is 282 g/mol. The Morgan fingerprint density at radius 1 is 1.29 bits per heavy atom. The molecule has 2 aromatic rings. The monoisotopic (exact) mass is 282 g/mol. The molecule has 0 amide bonds. The van der Waals surface area contributed by atoms with Crippen LogP contribution in [0, 0.1) is 0 Å². The number of aromatic nitrogens is 1. The van der Waals surface area contributed by atoms with Crippen molar-refractivity contribution in [2.24, 2.45) is 0 Å². The van der Waals surface area contributed by atoms with Gasteiger partial charge in [-0.2, -0.15) is 0 Å². The lowest BCUT2D eigenvalue weighted by Crippen LogP contribution is -2.21. The molecule has 0 saturated heterocycles. The van der Waals surface area contributed by atoms with E-state index in [1.165, 1.54) is 30.4 Å². The van der Waals surface area contributed by atoms with Gasteiger partial charge in [-0.25, -0.2) is 0 Å². The molecule has 1 aromatic carbocycles. The van der Waals surface area contributed by atoms with Gasteiger partial charge in [-0.15, -0.1) is 0 Å². The van der Waals surface area contributed by atoms with Gasteiger partial charge in [-0.05, 0) is 61.7 Å². The van der Waals surface area contributed by atoms with Crippen molar-refractivity contribution in [3.05, 3.63) is 59.4 Å². The maximum Gasteiger partial charge on any atom is 0.119 e. The van der Waals surface area contributed by atoms with E-state index in [2.05, 4.69) is 28.5 Å². The van der Waals surface area contributed by atoms with Gasteiger partial charge >= 0.3 is 0 Å². The van der Waals surface area contributed by atoms with Gasteiger partial charge in [-0.1, -0.05) is 12.1 Å². The molecule has 1 N–H and O–H groups in total. The summed E-state index contributed by atoms with van der Waals surface area (Å²) in [6, 6.07) is 13.0. The van der Waals surface area contributed by atoms with Crippen LogP contribution in [0.3, 0.4) is 0 Å². The van der Waals surface area contributed by atoms with Crippen LogP contribution in [0.5, 0.6) is 5.75 Å². The number of pyridine rings is 1. The highest BCUT2D eigenvalue weighted by Gasteiger charge is 2.19. The van der Waals surface area contributed by atoms with Gasteiger partial charge in [0, 0.05) is 24.4 Å². The Kier molecular flexibility index (Phi) is 4.51. The maximum absolute atomic E-state index is 5.90. The molecule has 3 heteroatoms. The number of hydrogen-bond donors (Lipinski definition) is 1. The van der Waals surface area contributed by atoms with Crippen LogP contribution in [0.4, 0.5) is 0 Å². The smallest absolute Gasteiger partial charge is 0.119 e. The minimum absolute atomic E-state index is 0.466. The predicted octanol–water partition coefficient (Wildman–Crippen LogP) is 3.30. The largest absolute Gasteiger partial charge is 0.493 e. The summed E-state index contributed by atoms with van der Waals surface area (Å²) in [5, 5.41) is 3.40. The summed E-state index contributed by atoms with van der Waals surface area (Å²) in [7, 11) is 2.04. The topological polar surface area (TPSA) is 34.1 Å². The molecule has 0 saturated carbocycles. The molecule has 0 radical (unpaired) electrons. The number of fused-ring (bicyclic) bond motifs is 1. The molecule has 110 valence electrons. The predicted molar refractivity (Wildman–Crippen MR) is 84.6 cm³/mol. The van der Waals surface area contributed by atoms with E-state index < -0.39 is 0 Å². The molecule has 0 fully saturated rings. The second-order valence-electron chi connectivity index (χ2n) is 5.51. The average Bonchev–Trinajstić information content (AvgIpc) is 2.55. The van der Waals surface area contributed by atoms with E-state index in [1.54, 1.807) is 0 Å². The lowest BCUT2D eigenvalue weighted by molar-refractivity contribution is 0.319. The first kappa shape index (κ1) is 14.1. The van der Waals surface area contributed by atoms with Gasteiger partial charge in [0.1, 0.15) is 5.75 Å². The van der Waals surface area contributed by atoms with E-state index in [0.717, 1.165) is 17.9 Å². The van der Waals surface area contributed by atoms with Crippen LogP contribution in [-0.2, 0) is 12.8 Å². The van der Waals surface area contributed by atoms with Gasteiger partial charge < -0.3 is 10.1 Å². The molecule has 1 atom stereocenters. The second kappa shape index (κ2) is 6.72. The van der Waals surface area contributed by atoms with Crippen LogP contribution < -0.4 is 10.1 Å². The van der Waals surface area contributed by atoms with Crippen molar-refractivity contribution in [1.29, 1.82) is 0 Å². The van der Waals surface area contributed by atoms with Crippen molar-refractivity contribution < 1.29 is 4.74 Å². The Bertz CT molecular complexity index is 583. The summed E-state index contributed by atoms with van der Waals surface area (Å²) in [5.74, 6) is 0.965. The van der Waals surface area contributed by atoms with E-state index in [0.29, 0.717) is 12.6 Å². The quantitative estimate of drug-likeness (QED) is 0.913. The summed E-state index contributed by atoms with van der Waals surface area (Å²) in [4.78, 5) is 4.32. The number of hydrogen-bond acceptors (Lipinski definition) is 3. The third-order valence-corrected chi connectivity index (χ3v) is 4.13. The highest BCUT2D eigenvalue weighted by molar-refractivity contribution is 5.39. The zero-order chi connectivity index (χ0) is 14.5. The van der Waals surface area contributed by atoms with Gasteiger partial charge in [0.25, 0.3) is 0 Å². The van der Waals surface area contributed by atoms with Crippen LogP contribution >= 0.6 is 0 Å². The molecule has 1 heterocycles. The van der Waals surface area contributed by atoms with Crippen molar-refractivity contribution in [1.82, 2.24) is 10.3 Å². The van der Waals surface area contributed by atoms with Gasteiger partial charge in [0.2, 0.25) is 0 Å². The lowest BCUT2D eigenvalue weighted by atomic mass is 9.87. The van der Waals surface area contributed by atoms with Crippen LogP contribution in [0.1, 0.15) is 35.7 Å². The molecular weight excluding hydrogens is 260 g/mol. The molecule has 3 nitrogen and oxygen atoms in total. The van der Waals surface area contributed by atoms with Gasteiger partial charge in [0.05, 0.1) is 6.61 Å². The fourth-order valence-corrected chi connectivity index (χ4v) is 2.99. The van der Waals surface area contributed by atoms with Gasteiger partial charge in [0.15, 0.2) is 0 Å². The Hall–Kier alpha value is -1.87. The number of nitrogens with one attached hydrogen (secondary N) is 1. The minimum Gasteiger partial charge on any atom is -0.493 e. The number of benzene rings is 1.